The number of fused-ring (bicyclic) bond motifs is 1. The van der Waals surface area contributed by atoms with Crippen LogP contribution in [0.2, 0.25) is 0 Å². The van der Waals surface area contributed by atoms with E-state index in [4.69, 9.17) is 4.74 Å². The lowest BCUT2D eigenvalue weighted by Gasteiger charge is -2.43. The lowest BCUT2D eigenvalue weighted by Crippen LogP contribution is -2.56. The number of halogens is 2. The number of alkyl halides is 2. The maximum Gasteiger partial charge on any atom is 0.410 e. The van der Waals surface area contributed by atoms with E-state index in [2.05, 4.69) is 23.8 Å². The van der Waals surface area contributed by atoms with Crippen LogP contribution in [-0.2, 0) is 4.74 Å². The zero-order valence-electron chi connectivity index (χ0n) is 21.0. The Hall–Kier alpha value is -3.16. The summed E-state index contributed by atoms with van der Waals surface area (Å²) in [5.41, 5.74) is 2.20. The lowest BCUT2D eigenvalue weighted by molar-refractivity contribution is 0.0119. The molecule has 0 saturated carbocycles. The molecular formula is C27H34F2N4O2. The van der Waals surface area contributed by atoms with Gasteiger partial charge in [-0.1, -0.05) is 19.9 Å². The number of nitrogens with zero attached hydrogens (tertiary/aromatic N) is 3. The second-order valence-corrected chi connectivity index (χ2v) is 10.6. The van der Waals surface area contributed by atoms with Crippen LogP contribution in [-0.4, -0.2) is 52.2 Å². The molecule has 1 fully saturated rings. The number of anilines is 1. The molecule has 1 aromatic carbocycles. The quantitative estimate of drug-likeness (QED) is 0.441. The highest BCUT2D eigenvalue weighted by atomic mass is 19.3. The third-order valence-electron chi connectivity index (χ3n) is 6.22. The fraction of sp³-hybridized carbons (Fsp3) is 0.481. The van der Waals surface area contributed by atoms with Gasteiger partial charge in [0.05, 0.1) is 6.04 Å². The number of carbonyl (C=O) groups is 1. The molecule has 0 radical (unpaired) electrons. The predicted octanol–water partition coefficient (Wildman–Crippen LogP) is 6.64. The van der Waals surface area contributed by atoms with E-state index in [0.29, 0.717) is 31.2 Å². The topological polar surface area (TPSA) is 61.5 Å². The molecule has 1 amide bonds. The van der Waals surface area contributed by atoms with E-state index in [1.54, 1.807) is 29.4 Å². The fourth-order valence-corrected chi connectivity index (χ4v) is 4.76. The molecule has 1 aliphatic heterocycles. The first kappa shape index (κ1) is 24.9. The molecule has 2 aromatic heterocycles. The van der Waals surface area contributed by atoms with Gasteiger partial charge in [0.1, 0.15) is 11.2 Å². The number of piperazine rings is 1. The molecule has 8 heteroatoms. The van der Waals surface area contributed by atoms with Gasteiger partial charge in [-0.2, -0.15) is 0 Å². The summed E-state index contributed by atoms with van der Waals surface area (Å²) in [6.07, 6.45) is 1.29. The second-order valence-electron chi connectivity index (χ2n) is 10.6. The van der Waals surface area contributed by atoms with Crippen molar-refractivity contribution in [1.29, 1.82) is 0 Å². The zero-order valence-corrected chi connectivity index (χ0v) is 21.0. The largest absolute Gasteiger partial charge is 0.444 e. The van der Waals surface area contributed by atoms with Crippen molar-refractivity contribution in [2.75, 3.05) is 24.5 Å². The van der Waals surface area contributed by atoms with Crippen molar-refractivity contribution in [2.24, 2.45) is 5.92 Å². The van der Waals surface area contributed by atoms with Crippen LogP contribution in [0.15, 0.2) is 42.7 Å². The van der Waals surface area contributed by atoms with Gasteiger partial charge in [0.2, 0.25) is 0 Å². The molecular weight excluding hydrogens is 450 g/mol. The summed E-state index contributed by atoms with van der Waals surface area (Å²) >= 11 is 0. The van der Waals surface area contributed by atoms with Crippen LogP contribution in [0.1, 0.15) is 53.0 Å². The molecule has 0 aliphatic carbocycles. The van der Waals surface area contributed by atoms with Gasteiger partial charge < -0.3 is 19.5 Å². The van der Waals surface area contributed by atoms with Crippen molar-refractivity contribution in [3.63, 3.8) is 0 Å². The Morgan fingerprint density at radius 2 is 2.00 bits per heavy atom. The van der Waals surface area contributed by atoms with Crippen LogP contribution in [0.5, 0.6) is 0 Å². The average Bonchev–Trinajstić information content (AvgIpc) is 3.21. The van der Waals surface area contributed by atoms with Crippen LogP contribution in [0.3, 0.4) is 0 Å². The van der Waals surface area contributed by atoms with E-state index in [1.165, 1.54) is 0 Å². The number of hydrogen-bond donors (Lipinski definition) is 1. The third kappa shape index (κ3) is 5.57. The highest BCUT2D eigenvalue weighted by Gasteiger charge is 2.35. The normalized spacial score (nSPS) is 17.0. The highest BCUT2D eigenvalue weighted by Crippen LogP contribution is 2.37. The SMILES string of the molecule is CC(C)CC1CN(c2ccc(-c3c[nH]c4ncccc34)cc2C(F)F)CCN1C(=O)OC(C)(C)C. The molecule has 3 heterocycles. The van der Waals surface area contributed by atoms with Gasteiger partial charge in [0, 0.05) is 54.2 Å². The first-order valence-electron chi connectivity index (χ1n) is 12.1. The summed E-state index contributed by atoms with van der Waals surface area (Å²) in [4.78, 5) is 24.0. The number of H-pyrrole nitrogens is 1. The maximum absolute atomic E-state index is 14.3. The number of amides is 1. The van der Waals surface area contributed by atoms with Crippen LogP contribution in [0.25, 0.3) is 22.2 Å². The van der Waals surface area contributed by atoms with E-state index in [0.717, 1.165) is 28.6 Å². The Kier molecular flexibility index (Phi) is 7.01. The Labute approximate surface area is 205 Å². The molecule has 1 aliphatic rings. The van der Waals surface area contributed by atoms with Gasteiger partial charge in [-0.25, -0.2) is 18.6 Å². The van der Waals surface area contributed by atoms with Crippen LogP contribution in [0.4, 0.5) is 19.3 Å². The van der Waals surface area contributed by atoms with Crippen molar-refractivity contribution in [2.45, 2.75) is 59.1 Å². The molecule has 0 spiro atoms. The summed E-state index contributed by atoms with van der Waals surface area (Å²) in [7, 11) is 0. The average molecular weight is 485 g/mol. The van der Waals surface area contributed by atoms with Crippen molar-refractivity contribution >= 4 is 22.8 Å². The van der Waals surface area contributed by atoms with E-state index < -0.39 is 12.0 Å². The van der Waals surface area contributed by atoms with Gasteiger partial charge in [-0.15, -0.1) is 0 Å². The first-order valence-corrected chi connectivity index (χ1v) is 12.1. The smallest absolute Gasteiger partial charge is 0.410 e. The van der Waals surface area contributed by atoms with E-state index in [1.807, 2.05) is 43.9 Å². The van der Waals surface area contributed by atoms with Gasteiger partial charge in [0.15, 0.2) is 0 Å². The Morgan fingerprint density at radius 1 is 1.23 bits per heavy atom. The number of benzene rings is 1. The summed E-state index contributed by atoms with van der Waals surface area (Å²) in [6, 6.07) is 8.88. The molecule has 188 valence electrons. The molecule has 4 rings (SSSR count). The first-order chi connectivity index (χ1) is 16.5. The predicted molar refractivity (Wildman–Crippen MR) is 135 cm³/mol. The van der Waals surface area contributed by atoms with Crippen LogP contribution >= 0.6 is 0 Å². The van der Waals surface area contributed by atoms with E-state index in [-0.39, 0.29) is 17.7 Å². The number of ether oxygens (including phenoxy) is 1. The monoisotopic (exact) mass is 484 g/mol. The second kappa shape index (κ2) is 9.84. The molecule has 1 unspecified atom stereocenters. The molecule has 1 atom stereocenters. The van der Waals surface area contributed by atoms with Gasteiger partial charge in [-0.3, -0.25) is 0 Å². The minimum Gasteiger partial charge on any atom is -0.444 e. The van der Waals surface area contributed by atoms with E-state index >= 15 is 0 Å². The maximum atomic E-state index is 14.3. The van der Waals surface area contributed by atoms with Crippen molar-refractivity contribution in [3.05, 3.63) is 48.3 Å². The van der Waals surface area contributed by atoms with E-state index in [9.17, 15) is 13.6 Å². The highest BCUT2D eigenvalue weighted by molar-refractivity contribution is 5.94. The Balaban J connectivity index is 1.63. The molecule has 0 bridgehead atoms. The number of aromatic amines is 1. The minimum absolute atomic E-state index is 0.00486. The molecule has 1 saturated heterocycles. The van der Waals surface area contributed by atoms with Crippen molar-refractivity contribution < 1.29 is 18.3 Å². The summed E-state index contributed by atoms with van der Waals surface area (Å²) in [5.74, 6) is 0.345. The molecule has 6 nitrogen and oxygen atoms in total. The number of pyridine rings is 1. The fourth-order valence-electron chi connectivity index (χ4n) is 4.76. The standard InChI is InChI=1S/C27H34F2N4O2/c1-17(2)13-19-16-32(11-12-33(19)26(34)35-27(3,4)5)23-9-8-18(14-21(23)24(28)29)22-15-31-25-20(22)7-6-10-30-25/h6-10,14-15,17,19,24H,11-13,16H2,1-5H3,(H,30,31). The van der Waals surface area contributed by atoms with Crippen molar-refractivity contribution in [1.82, 2.24) is 14.9 Å². The van der Waals surface area contributed by atoms with Crippen LogP contribution < -0.4 is 4.90 Å². The Bertz CT molecular complexity index is 1190. The molecule has 3 aromatic rings. The number of nitrogens with one attached hydrogen (secondary N) is 1. The molecule has 1 N–H and O–H groups in total. The third-order valence-corrected chi connectivity index (χ3v) is 6.22. The lowest BCUT2D eigenvalue weighted by atomic mass is 9.98. The number of aromatic nitrogens is 2. The number of carbonyl (C=O) groups excluding carboxylic acids is 1. The minimum atomic E-state index is -2.62. The summed E-state index contributed by atoms with van der Waals surface area (Å²) in [6.45, 7) is 11.1. The molecule has 35 heavy (non-hydrogen) atoms. The van der Waals surface area contributed by atoms with Gasteiger partial charge >= 0.3 is 6.09 Å². The zero-order chi connectivity index (χ0) is 25.3. The Morgan fingerprint density at radius 3 is 2.69 bits per heavy atom. The summed E-state index contributed by atoms with van der Waals surface area (Å²) < 4.78 is 34.2. The summed E-state index contributed by atoms with van der Waals surface area (Å²) in [5, 5.41) is 0.892. The van der Waals surface area contributed by atoms with Crippen LogP contribution in [0, 0.1) is 5.92 Å². The number of hydrogen-bond acceptors (Lipinski definition) is 4. The number of rotatable bonds is 5. The van der Waals surface area contributed by atoms with Crippen molar-refractivity contribution in [3.8, 4) is 11.1 Å². The van der Waals surface area contributed by atoms with Gasteiger partial charge in [0.25, 0.3) is 6.43 Å². The van der Waals surface area contributed by atoms with Gasteiger partial charge in [-0.05, 0) is 62.9 Å².